The van der Waals surface area contributed by atoms with Crippen molar-refractivity contribution < 1.29 is 14.3 Å². The van der Waals surface area contributed by atoms with Gasteiger partial charge in [-0.25, -0.2) is 0 Å². The third kappa shape index (κ3) is 4.04. The van der Waals surface area contributed by atoms with Gasteiger partial charge in [-0.2, -0.15) is 0 Å². The molecule has 0 saturated carbocycles. The molecule has 6 nitrogen and oxygen atoms in total. The van der Waals surface area contributed by atoms with Gasteiger partial charge in [-0.05, 0) is 31.0 Å². The molecule has 0 heterocycles. The minimum absolute atomic E-state index is 0.192. The SMILES string of the molecule is CNC(=O)c1cccc(NC(=O)C(N)CCOC)c1C. The molecule has 110 valence electrons. The molecule has 0 bridgehead atoms. The molecule has 1 aromatic rings. The van der Waals surface area contributed by atoms with Crippen molar-refractivity contribution in [1.29, 1.82) is 0 Å². The van der Waals surface area contributed by atoms with E-state index in [1.165, 1.54) is 0 Å². The highest BCUT2D eigenvalue weighted by molar-refractivity contribution is 6.00. The summed E-state index contributed by atoms with van der Waals surface area (Å²) in [6.45, 7) is 2.20. The van der Waals surface area contributed by atoms with Crippen LogP contribution in [0.2, 0.25) is 0 Å². The first-order valence-corrected chi connectivity index (χ1v) is 6.38. The molecule has 0 aliphatic carbocycles. The number of hydrogen-bond acceptors (Lipinski definition) is 4. The number of nitrogens with one attached hydrogen (secondary N) is 2. The molecule has 0 aromatic heterocycles. The van der Waals surface area contributed by atoms with Crippen molar-refractivity contribution in [2.45, 2.75) is 19.4 Å². The van der Waals surface area contributed by atoms with Crippen molar-refractivity contribution in [2.75, 3.05) is 26.1 Å². The fourth-order valence-corrected chi connectivity index (χ4v) is 1.75. The smallest absolute Gasteiger partial charge is 0.251 e. The monoisotopic (exact) mass is 279 g/mol. The average Bonchev–Trinajstić information content (AvgIpc) is 2.45. The van der Waals surface area contributed by atoms with Gasteiger partial charge in [0.15, 0.2) is 0 Å². The predicted molar refractivity (Wildman–Crippen MR) is 77.7 cm³/mol. The van der Waals surface area contributed by atoms with E-state index in [-0.39, 0.29) is 11.8 Å². The topological polar surface area (TPSA) is 93.5 Å². The van der Waals surface area contributed by atoms with Crippen LogP contribution in [0.4, 0.5) is 5.69 Å². The predicted octanol–water partition coefficient (Wildman–Crippen LogP) is 0.657. The van der Waals surface area contributed by atoms with E-state index in [9.17, 15) is 9.59 Å². The van der Waals surface area contributed by atoms with Crippen LogP contribution in [0.3, 0.4) is 0 Å². The number of nitrogens with two attached hydrogens (primary N) is 1. The highest BCUT2D eigenvalue weighted by atomic mass is 16.5. The molecular weight excluding hydrogens is 258 g/mol. The van der Waals surface area contributed by atoms with E-state index in [0.717, 1.165) is 0 Å². The van der Waals surface area contributed by atoms with Crippen molar-refractivity contribution in [3.05, 3.63) is 29.3 Å². The number of hydrogen-bond donors (Lipinski definition) is 3. The summed E-state index contributed by atoms with van der Waals surface area (Å²) in [6, 6.07) is 4.52. The first kappa shape index (κ1) is 16.1. The van der Waals surface area contributed by atoms with E-state index in [1.807, 2.05) is 0 Å². The van der Waals surface area contributed by atoms with Crippen molar-refractivity contribution in [1.82, 2.24) is 5.32 Å². The maximum absolute atomic E-state index is 11.9. The Kier molecular flexibility index (Phi) is 6.14. The first-order chi connectivity index (χ1) is 9.51. The average molecular weight is 279 g/mol. The van der Waals surface area contributed by atoms with E-state index < -0.39 is 6.04 Å². The number of methoxy groups -OCH3 is 1. The molecule has 20 heavy (non-hydrogen) atoms. The van der Waals surface area contributed by atoms with Gasteiger partial charge < -0.3 is 21.1 Å². The molecule has 1 unspecified atom stereocenters. The molecule has 0 saturated heterocycles. The van der Waals surface area contributed by atoms with Gasteiger partial charge in [-0.1, -0.05) is 6.07 Å². The van der Waals surface area contributed by atoms with Crippen LogP contribution in [0.25, 0.3) is 0 Å². The van der Waals surface area contributed by atoms with Crippen molar-refractivity contribution in [3.8, 4) is 0 Å². The molecule has 6 heteroatoms. The van der Waals surface area contributed by atoms with E-state index >= 15 is 0 Å². The molecule has 1 aromatic carbocycles. The molecule has 0 radical (unpaired) electrons. The van der Waals surface area contributed by atoms with Gasteiger partial charge in [0.25, 0.3) is 5.91 Å². The van der Waals surface area contributed by atoms with E-state index in [0.29, 0.717) is 29.8 Å². The number of anilines is 1. The van der Waals surface area contributed by atoms with Crippen LogP contribution in [0.5, 0.6) is 0 Å². The number of rotatable bonds is 6. The molecule has 4 N–H and O–H groups in total. The Bertz CT molecular complexity index is 489. The summed E-state index contributed by atoms with van der Waals surface area (Å²) in [5.41, 5.74) is 7.57. The Morgan fingerprint density at radius 3 is 2.70 bits per heavy atom. The zero-order valence-corrected chi connectivity index (χ0v) is 12.0. The molecule has 0 aliphatic rings. The number of carbonyl (C=O) groups excluding carboxylic acids is 2. The Labute approximate surface area is 118 Å². The third-order valence-corrected chi connectivity index (χ3v) is 3.03. The maximum Gasteiger partial charge on any atom is 0.251 e. The second kappa shape index (κ2) is 7.62. The van der Waals surface area contributed by atoms with E-state index in [4.69, 9.17) is 10.5 Å². The van der Waals surface area contributed by atoms with Gasteiger partial charge >= 0.3 is 0 Å². The summed E-state index contributed by atoms with van der Waals surface area (Å²) in [4.78, 5) is 23.6. The molecule has 1 rings (SSSR count). The van der Waals surface area contributed by atoms with E-state index in [1.54, 1.807) is 39.3 Å². The van der Waals surface area contributed by atoms with Gasteiger partial charge in [0, 0.05) is 32.0 Å². The quantitative estimate of drug-likeness (QED) is 0.713. The lowest BCUT2D eigenvalue weighted by Gasteiger charge is -2.15. The lowest BCUT2D eigenvalue weighted by atomic mass is 10.1. The summed E-state index contributed by atoms with van der Waals surface area (Å²) >= 11 is 0. The Hall–Kier alpha value is -1.92. The molecule has 0 fully saturated rings. The van der Waals surface area contributed by atoms with Gasteiger partial charge in [0.1, 0.15) is 0 Å². The van der Waals surface area contributed by atoms with Crippen molar-refractivity contribution in [2.24, 2.45) is 5.73 Å². The summed E-state index contributed by atoms with van der Waals surface area (Å²) < 4.78 is 4.89. The highest BCUT2D eigenvalue weighted by Gasteiger charge is 2.16. The largest absolute Gasteiger partial charge is 0.385 e. The molecular formula is C14H21N3O3. The number of ether oxygens (including phenoxy) is 1. The minimum Gasteiger partial charge on any atom is -0.385 e. The second-order valence-corrected chi connectivity index (χ2v) is 4.43. The van der Waals surface area contributed by atoms with Crippen LogP contribution in [0.15, 0.2) is 18.2 Å². The number of benzene rings is 1. The minimum atomic E-state index is -0.641. The maximum atomic E-state index is 11.9. The van der Waals surface area contributed by atoms with Gasteiger partial charge in [-0.15, -0.1) is 0 Å². The summed E-state index contributed by atoms with van der Waals surface area (Å²) in [7, 11) is 3.12. The summed E-state index contributed by atoms with van der Waals surface area (Å²) in [6.07, 6.45) is 0.441. The Morgan fingerprint density at radius 2 is 2.10 bits per heavy atom. The zero-order chi connectivity index (χ0) is 15.1. The zero-order valence-electron chi connectivity index (χ0n) is 12.0. The molecule has 0 spiro atoms. The first-order valence-electron chi connectivity index (χ1n) is 6.38. The Morgan fingerprint density at radius 1 is 1.40 bits per heavy atom. The van der Waals surface area contributed by atoms with Gasteiger partial charge in [0.05, 0.1) is 6.04 Å². The van der Waals surface area contributed by atoms with Gasteiger partial charge in [0.2, 0.25) is 5.91 Å². The van der Waals surface area contributed by atoms with Crippen LogP contribution in [0, 0.1) is 6.92 Å². The van der Waals surface area contributed by atoms with Crippen LogP contribution in [0.1, 0.15) is 22.3 Å². The van der Waals surface area contributed by atoms with Crippen LogP contribution < -0.4 is 16.4 Å². The van der Waals surface area contributed by atoms with Gasteiger partial charge in [-0.3, -0.25) is 9.59 Å². The summed E-state index contributed by atoms with van der Waals surface area (Å²) in [5, 5.41) is 5.30. The van der Waals surface area contributed by atoms with Crippen molar-refractivity contribution >= 4 is 17.5 Å². The standard InChI is InChI=1S/C14H21N3O3/c1-9-10(13(18)16-2)5-4-6-12(9)17-14(19)11(15)7-8-20-3/h4-6,11H,7-8,15H2,1-3H3,(H,16,18)(H,17,19). The lowest BCUT2D eigenvalue weighted by Crippen LogP contribution is -2.36. The van der Waals surface area contributed by atoms with Crippen LogP contribution >= 0.6 is 0 Å². The fourth-order valence-electron chi connectivity index (χ4n) is 1.75. The number of carbonyl (C=O) groups is 2. The fraction of sp³-hybridized carbons (Fsp3) is 0.429. The summed E-state index contributed by atoms with van der Waals surface area (Å²) in [5.74, 6) is -0.485. The van der Waals surface area contributed by atoms with E-state index in [2.05, 4.69) is 10.6 Å². The third-order valence-electron chi connectivity index (χ3n) is 3.03. The molecule has 2 amide bonds. The van der Waals surface area contributed by atoms with Crippen LogP contribution in [-0.4, -0.2) is 38.6 Å². The number of amides is 2. The van der Waals surface area contributed by atoms with Crippen molar-refractivity contribution in [3.63, 3.8) is 0 Å². The molecule has 0 aliphatic heterocycles. The Balaban J connectivity index is 2.82. The lowest BCUT2D eigenvalue weighted by molar-refractivity contribution is -0.117. The van der Waals surface area contributed by atoms with Crippen LogP contribution in [-0.2, 0) is 9.53 Å². The molecule has 1 atom stereocenters. The normalized spacial score (nSPS) is 11.8. The second-order valence-electron chi connectivity index (χ2n) is 4.43. The highest BCUT2D eigenvalue weighted by Crippen LogP contribution is 2.19.